The lowest BCUT2D eigenvalue weighted by Crippen LogP contribution is -2.46. The molecule has 0 saturated carbocycles. The number of fused-ring (bicyclic) bond motifs is 2. The van der Waals surface area contributed by atoms with Crippen molar-refractivity contribution in [1.29, 1.82) is 0 Å². The summed E-state index contributed by atoms with van der Waals surface area (Å²) in [6.07, 6.45) is 1.96. The molecule has 3 aliphatic rings. The van der Waals surface area contributed by atoms with Gasteiger partial charge in [0.05, 0.1) is 0 Å². The molecule has 1 aromatic carbocycles. The molecular weight excluding hydrogens is 318 g/mol. The molecule has 2 aliphatic heterocycles. The number of hydrogen-bond acceptors (Lipinski definition) is 4. The van der Waals surface area contributed by atoms with Crippen LogP contribution in [0.15, 0.2) is 24.3 Å². The van der Waals surface area contributed by atoms with Gasteiger partial charge in [0.1, 0.15) is 11.7 Å². The van der Waals surface area contributed by atoms with Gasteiger partial charge in [0, 0.05) is 19.0 Å². The third-order valence-corrected chi connectivity index (χ3v) is 5.81. The van der Waals surface area contributed by atoms with Crippen LogP contribution in [0.4, 0.5) is 4.79 Å². The molecule has 5 heteroatoms. The molecule has 1 aromatic rings. The fourth-order valence-electron chi connectivity index (χ4n) is 4.56. The Hall–Kier alpha value is -1.59. The van der Waals surface area contributed by atoms with Crippen molar-refractivity contribution in [2.45, 2.75) is 69.4 Å². The standard InChI is InChI=1S/C20H27NO4/c1-19(2,3)25-18(23)21-10-8-20(9-11-21)12-14(16-17(22)24-16)13-6-4-5-7-15(13)20/h4-7,14,16-17,22H,8-12H2,1-3H3. The van der Waals surface area contributed by atoms with Crippen molar-refractivity contribution in [1.82, 2.24) is 4.90 Å². The van der Waals surface area contributed by atoms with E-state index in [1.165, 1.54) is 11.1 Å². The number of aliphatic hydroxyl groups excluding tert-OH is 1. The zero-order valence-corrected chi connectivity index (χ0v) is 15.2. The van der Waals surface area contributed by atoms with Crippen LogP contribution < -0.4 is 0 Å². The van der Waals surface area contributed by atoms with Crippen molar-refractivity contribution >= 4 is 6.09 Å². The van der Waals surface area contributed by atoms with Gasteiger partial charge in [0.15, 0.2) is 6.29 Å². The number of nitrogens with zero attached hydrogens (tertiary/aromatic N) is 1. The minimum absolute atomic E-state index is 0.0654. The summed E-state index contributed by atoms with van der Waals surface area (Å²) in [5.41, 5.74) is 2.32. The SMILES string of the molecule is CC(C)(C)OC(=O)N1CCC2(CC1)CC(C1OC1O)c1ccccc12. The summed E-state index contributed by atoms with van der Waals surface area (Å²) in [5, 5.41) is 9.73. The summed E-state index contributed by atoms with van der Waals surface area (Å²) in [5.74, 6) is 0.263. The lowest BCUT2D eigenvalue weighted by Gasteiger charge is -2.40. The van der Waals surface area contributed by atoms with Crippen molar-refractivity contribution in [3.05, 3.63) is 35.4 Å². The Labute approximate surface area is 148 Å². The van der Waals surface area contributed by atoms with E-state index in [1.807, 2.05) is 25.7 Å². The molecule has 1 aliphatic carbocycles. The predicted molar refractivity (Wildman–Crippen MR) is 93.4 cm³/mol. The van der Waals surface area contributed by atoms with Gasteiger partial charge in [-0.1, -0.05) is 24.3 Å². The lowest BCUT2D eigenvalue weighted by molar-refractivity contribution is 0.0161. The van der Waals surface area contributed by atoms with Crippen LogP contribution in [0.5, 0.6) is 0 Å². The van der Waals surface area contributed by atoms with E-state index < -0.39 is 11.9 Å². The maximum Gasteiger partial charge on any atom is 0.410 e. The topological polar surface area (TPSA) is 62.3 Å². The number of ether oxygens (including phenoxy) is 2. The van der Waals surface area contributed by atoms with Gasteiger partial charge in [-0.3, -0.25) is 0 Å². The number of piperidine rings is 1. The molecule has 1 N–H and O–H groups in total. The Bertz CT molecular complexity index is 673. The molecule has 2 heterocycles. The molecule has 1 amide bonds. The van der Waals surface area contributed by atoms with Crippen molar-refractivity contribution < 1.29 is 19.4 Å². The van der Waals surface area contributed by atoms with Crippen LogP contribution in [0.25, 0.3) is 0 Å². The minimum Gasteiger partial charge on any atom is -0.444 e. The second-order valence-corrected chi connectivity index (χ2v) is 8.64. The van der Waals surface area contributed by atoms with E-state index in [9.17, 15) is 9.90 Å². The van der Waals surface area contributed by atoms with E-state index in [4.69, 9.17) is 9.47 Å². The molecular formula is C20H27NO4. The first-order valence-corrected chi connectivity index (χ1v) is 9.20. The maximum absolute atomic E-state index is 12.3. The average Bonchev–Trinajstić information content (AvgIpc) is 3.20. The third kappa shape index (κ3) is 3.04. The second kappa shape index (κ2) is 5.71. The number of carbonyl (C=O) groups is 1. The summed E-state index contributed by atoms with van der Waals surface area (Å²) in [4.78, 5) is 14.2. The number of aliphatic hydroxyl groups is 1. The second-order valence-electron chi connectivity index (χ2n) is 8.64. The molecule has 3 unspecified atom stereocenters. The van der Waals surface area contributed by atoms with Crippen LogP contribution in [0.2, 0.25) is 0 Å². The molecule has 0 aromatic heterocycles. The van der Waals surface area contributed by atoms with E-state index in [1.54, 1.807) is 0 Å². The zero-order chi connectivity index (χ0) is 17.8. The average molecular weight is 345 g/mol. The van der Waals surface area contributed by atoms with Gasteiger partial charge in [-0.05, 0) is 56.6 Å². The van der Waals surface area contributed by atoms with Crippen molar-refractivity contribution in [3.8, 4) is 0 Å². The van der Waals surface area contributed by atoms with Gasteiger partial charge in [0.25, 0.3) is 0 Å². The quantitative estimate of drug-likeness (QED) is 0.794. The van der Waals surface area contributed by atoms with Crippen LogP contribution in [-0.4, -0.2) is 47.2 Å². The highest BCUT2D eigenvalue weighted by molar-refractivity contribution is 5.68. The Morgan fingerprint density at radius 3 is 2.52 bits per heavy atom. The normalized spacial score (nSPS) is 30.2. The lowest BCUT2D eigenvalue weighted by atomic mass is 9.73. The number of amides is 1. The van der Waals surface area contributed by atoms with E-state index >= 15 is 0 Å². The summed E-state index contributed by atoms with van der Waals surface area (Å²) in [7, 11) is 0. The molecule has 5 nitrogen and oxygen atoms in total. The number of hydrogen-bond donors (Lipinski definition) is 1. The molecule has 0 bridgehead atoms. The first kappa shape index (κ1) is 16.9. The number of rotatable bonds is 1. The number of carbonyl (C=O) groups excluding carboxylic acids is 1. The summed E-state index contributed by atoms with van der Waals surface area (Å²) in [6, 6.07) is 8.54. The largest absolute Gasteiger partial charge is 0.444 e. The van der Waals surface area contributed by atoms with Gasteiger partial charge < -0.3 is 19.5 Å². The van der Waals surface area contributed by atoms with Crippen LogP contribution in [0, 0.1) is 0 Å². The molecule has 4 rings (SSSR count). The van der Waals surface area contributed by atoms with Crippen molar-refractivity contribution in [2.75, 3.05) is 13.1 Å². The molecule has 2 fully saturated rings. The molecule has 25 heavy (non-hydrogen) atoms. The summed E-state index contributed by atoms with van der Waals surface area (Å²) in [6.45, 7) is 7.12. The number of epoxide rings is 1. The Morgan fingerprint density at radius 2 is 1.92 bits per heavy atom. The zero-order valence-electron chi connectivity index (χ0n) is 15.2. The predicted octanol–water partition coefficient (Wildman–Crippen LogP) is 3.16. The highest BCUT2D eigenvalue weighted by Crippen LogP contribution is 2.55. The Morgan fingerprint density at radius 1 is 1.28 bits per heavy atom. The molecule has 3 atom stereocenters. The fourth-order valence-corrected chi connectivity index (χ4v) is 4.56. The van der Waals surface area contributed by atoms with Gasteiger partial charge >= 0.3 is 6.09 Å². The van der Waals surface area contributed by atoms with Crippen LogP contribution >= 0.6 is 0 Å². The first-order chi connectivity index (χ1) is 11.8. The van der Waals surface area contributed by atoms with Gasteiger partial charge in [-0.25, -0.2) is 4.79 Å². The molecule has 1 spiro atoms. The van der Waals surface area contributed by atoms with Crippen molar-refractivity contribution in [3.63, 3.8) is 0 Å². The smallest absolute Gasteiger partial charge is 0.410 e. The Balaban J connectivity index is 1.50. The van der Waals surface area contributed by atoms with Crippen molar-refractivity contribution in [2.24, 2.45) is 0 Å². The highest BCUT2D eigenvalue weighted by atomic mass is 16.7. The van der Waals surface area contributed by atoms with Gasteiger partial charge in [0.2, 0.25) is 0 Å². The van der Waals surface area contributed by atoms with E-state index in [0.29, 0.717) is 13.1 Å². The van der Waals surface area contributed by atoms with Gasteiger partial charge in [-0.15, -0.1) is 0 Å². The summed E-state index contributed by atoms with van der Waals surface area (Å²) < 4.78 is 10.9. The summed E-state index contributed by atoms with van der Waals surface area (Å²) >= 11 is 0. The fraction of sp³-hybridized carbons (Fsp3) is 0.650. The molecule has 0 radical (unpaired) electrons. The van der Waals surface area contributed by atoms with E-state index in [2.05, 4.69) is 24.3 Å². The number of benzene rings is 1. The highest BCUT2D eigenvalue weighted by Gasteiger charge is 2.54. The van der Waals surface area contributed by atoms with E-state index in [0.717, 1.165) is 19.3 Å². The maximum atomic E-state index is 12.3. The molecule has 2 saturated heterocycles. The van der Waals surface area contributed by atoms with Crippen LogP contribution in [-0.2, 0) is 14.9 Å². The molecule has 136 valence electrons. The first-order valence-electron chi connectivity index (χ1n) is 9.20. The Kier molecular flexibility index (Phi) is 3.85. The minimum atomic E-state index is -0.616. The number of likely N-dealkylation sites (tertiary alicyclic amines) is 1. The van der Waals surface area contributed by atoms with Crippen LogP contribution in [0.3, 0.4) is 0 Å². The van der Waals surface area contributed by atoms with E-state index in [-0.39, 0.29) is 23.5 Å². The third-order valence-electron chi connectivity index (χ3n) is 5.81. The van der Waals surface area contributed by atoms with Crippen LogP contribution in [0.1, 0.15) is 57.1 Å². The monoisotopic (exact) mass is 345 g/mol. The van der Waals surface area contributed by atoms with Gasteiger partial charge in [-0.2, -0.15) is 0 Å².